The van der Waals surface area contributed by atoms with Gasteiger partial charge in [-0.15, -0.1) is 0 Å². The van der Waals surface area contributed by atoms with Gasteiger partial charge in [-0.1, -0.05) is 23.7 Å². The number of halogens is 3. The molecule has 0 radical (unpaired) electrons. The summed E-state index contributed by atoms with van der Waals surface area (Å²) < 4.78 is 47.4. The Hall–Kier alpha value is -1.99. The van der Waals surface area contributed by atoms with Crippen LogP contribution in [0.4, 0.5) is 14.5 Å². The van der Waals surface area contributed by atoms with Gasteiger partial charge < -0.3 is 5.32 Å². The third-order valence-corrected chi connectivity index (χ3v) is 4.63. The molecule has 0 aliphatic carbocycles. The third kappa shape index (κ3) is 4.49. The molecule has 0 aromatic heterocycles. The first-order valence-corrected chi connectivity index (χ1v) is 8.38. The summed E-state index contributed by atoms with van der Waals surface area (Å²) in [5.74, 6) is -3.80. The van der Waals surface area contributed by atoms with E-state index in [9.17, 15) is 22.0 Å². The quantitative estimate of drug-likeness (QED) is 0.888. The number of rotatable bonds is 5. The summed E-state index contributed by atoms with van der Waals surface area (Å²) in [6.07, 6.45) is 0.105. The lowest BCUT2D eigenvalue weighted by Crippen LogP contribution is -2.15. The Balaban J connectivity index is 2.03. The first-order valence-electron chi connectivity index (χ1n) is 6.45. The lowest BCUT2D eigenvalue weighted by molar-refractivity contribution is -0.115. The summed E-state index contributed by atoms with van der Waals surface area (Å²) in [6, 6.07) is 11.3. The number of hydrogen-bond acceptors (Lipinski definition) is 3. The van der Waals surface area contributed by atoms with Crippen molar-refractivity contribution in [2.24, 2.45) is 0 Å². The highest BCUT2D eigenvalue weighted by Crippen LogP contribution is 2.20. The maximum atomic E-state index is 12.4. The second-order valence-electron chi connectivity index (χ2n) is 4.68. The average molecular weight is 360 g/mol. The highest BCUT2D eigenvalue weighted by Gasteiger charge is 2.26. The van der Waals surface area contributed by atoms with Gasteiger partial charge in [-0.2, -0.15) is 8.78 Å². The Kier molecular flexibility index (Phi) is 5.33. The van der Waals surface area contributed by atoms with Gasteiger partial charge in [0.1, 0.15) is 0 Å². The van der Waals surface area contributed by atoms with Gasteiger partial charge in [0.2, 0.25) is 15.7 Å². The molecule has 122 valence electrons. The second-order valence-corrected chi connectivity index (χ2v) is 7.04. The normalized spacial score (nSPS) is 11.5. The van der Waals surface area contributed by atoms with E-state index in [1.165, 1.54) is 12.1 Å². The van der Waals surface area contributed by atoms with Gasteiger partial charge in [0.25, 0.3) is 0 Å². The lowest BCUT2D eigenvalue weighted by atomic mass is 10.1. The first-order chi connectivity index (χ1) is 10.8. The van der Waals surface area contributed by atoms with Crippen molar-refractivity contribution < 1.29 is 22.0 Å². The molecule has 2 aromatic carbocycles. The fourth-order valence-electron chi connectivity index (χ4n) is 1.82. The fraction of sp³-hybridized carbons (Fsp3) is 0.133. The number of carbonyl (C=O) groups excluding carboxylic acids is 1. The fourth-order valence-corrected chi connectivity index (χ4v) is 2.67. The zero-order chi connectivity index (χ0) is 17.0. The van der Waals surface area contributed by atoms with Crippen molar-refractivity contribution in [3.8, 4) is 0 Å². The van der Waals surface area contributed by atoms with Crippen molar-refractivity contribution >= 4 is 33.0 Å². The minimum absolute atomic E-state index is 0.105. The molecule has 0 saturated heterocycles. The van der Waals surface area contributed by atoms with Crippen LogP contribution in [0.5, 0.6) is 0 Å². The van der Waals surface area contributed by atoms with Crippen LogP contribution in [-0.4, -0.2) is 20.1 Å². The molecule has 0 heterocycles. The Bertz CT molecular complexity index is 790. The molecular weight excluding hydrogens is 348 g/mol. The number of nitrogens with one attached hydrogen (secondary N) is 1. The number of benzene rings is 2. The molecule has 0 aliphatic heterocycles. The number of carbonyl (C=O) groups is 1. The Labute approximate surface area is 137 Å². The van der Waals surface area contributed by atoms with Crippen LogP contribution in [0.1, 0.15) is 5.56 Å². The van der Waals surface area contributed by atoms with Gasteiger partial charge in [0.15, 0.2) is 0 Å². The van der Waals surface area contributed by atoms with Gasteiger partial charge in [0, 0.05) is 10.7 Å². The first kappa shape index (κ1) is 17.4. The molecule has 2 aromatic rings. The topological polar surface area (TPSA) is 63.2 Å². The molecule has 23 heavy (non-hydrogen) atoms. The van der Waals surface area contributed by atoms with Crippen LogP contribution in [0.25, 0.3) is 0 Å². The Morgan fingerprint density at radius 2 is 1.61 bits per heavy atom. The van der Waals surface area contributed by atoms with Gasteiger partial charge in [-0.25, -0.2) is 8.42 Å². The maximum absolute atomic E-state index is 12.4. The number of amides is 1. The standard InChI is InChI=1S/C15H12ClF2NO3S/c16-11-3-1-10(2-4-11)9-14(20)19-12-5-7-13(8-6-12)23(21,22)15(17)18/h1-8,15H,9H2,(H,19,20). The highest BCUT2D eigenvalue weighted by molar-refractivity contribution is 7.91. The molecular formula is C15H12ClF2NO3S. The molecule has 2 rings (SSSR count). The van der Waals surface area contributed by atoms with E-state index in [2.05, 4.69) is 5.32 Å². The van der Waals surface area contributed by atoms with E-state index in [1.807, 2.05) is 0 Å². The zero-order valence-electron chi connectivity index (χ0n) is 11.7. The molecule has 1 N–H and O–H groups in total. The molecule has 0 saturated carbocycles. The summed E-state index contributed by atoms with van der Waals surface area (Å²) in [6.45, 7) is 0. The van der Waals surface area contributed by atoms with Gasteiger partial charge >= 0.3 is 5.76 Å². The summed E-state index contributed by atoms with van der Waals surface area (Å²) in [5.41, 5.74) is 1.07. The van der Waals surface area contributed by atoms with Crippen molar-refractivity contribution in [2.45, 2.75) is 17.1 Å². The second kappa shape index (κ2) is 7.06. The van der Waals surface area contributed by atoms with E-state index in [0.29, 0.717) is 10.7 Å². The van der Waals surface area contributed by atoms with E-state index >= 15 is 0 Å². The zero-order valence-corrected chi connectivity index (χ0v) is 13.2. The largest absolute Gasteiger partial charge is 0.341 e. The molecule has 0 unspecified atom stereocenters. The third-order valence-electron chi connectivity index (χ3n) is 2.98. The van der Waals surface area contributed by atoms with Crippen LogP contribution in [0.3, 0.4) is 0 Å². The molecule has 0 bridgehead atoms. The molecule has 0 atom stereocenters. The molecule has 1 amide bonds. The molecule has 0 aliphatic rings. The predicted octanol–water partition coefficient (Wildman–Crippen LogP) is 3.52. The summed E-state index contributed by atoms with van der Waals surface area (Å²) in [5, 5.41) is 3.12. The maximum Gasteiger partial charge on any atom is 0.341 e. The van der Waals surface area contributed by atoms with Crippen molar-refractivity contribution in [2.75, 3.05) is 5.32 Å². The van der Waals surface area contributed by atoms with Crippen LogP contribution in [0, 0.1) is 0 Å². The van der Waals surface area contributed by atoms with Crippen molar-refractivity contribution in [3.05, 3.63) is 59.1 Å². The summed E-state index contributed by atoms with van der Waals surface area (Å²) in [4.78, 5) is 11.4. The monoisotopic (exact) mass is 359 g/mol. The van der Waals surface area contributed by atoms with E-state index in [-0.39, 0.29) is 12.3 Å². The minimum atomic E-state index is -4.63. The van der Waals surface area contributed by atoms with Crippen LogP contribution in [0.2, 0.25) is 5.02 Å². The van der Waals surface area contributed by atoms with Crippen molar-refractivity contribution in [1.82, 2.24) is 0 Å². The van der Waals surface area contributed by atoms with Crippen molar-refractivity contribution in [1.29, 1.82) is 0 Å². The van der Waals surface area contributed by atoms with Gasteiger partial charge in [-0.3, -0.25) is 4.79 Å². The predicted molar refractivity (Wildman–Crippen MR) is 83.4 cm³/mol. The van der Waals surface area contributed by atoms with Crippen LogP contribution in [-0.2, 0) is 21.1 Å². The van der Waals surface area contributed by atoms with Gasteiger partial charge in [-0.05, 0) is 42.0 Å². The average Bonchev–Trinajstić information content (AvgIpc) is 2.50. The summed E-state index contributed by atoms with van der Waals surface area (Å²) in [7, 11) is -4.63. The summed E-state index contributed by atoms with van der Waals surface area (Å²) >= 11 is 5.75. The van der Waals surface area contributed by atoms with E-state index < -0.39 is 20.5 Å². The van der Waals surface area contributed by atoms with E-state index in [0.717, 1.165) is 17.7 Å². The van der Waals surface area contributed by atoms with E-state index in [4.69, 9.17) is 11.6 Å². The smallest absolute Gasteiger partial charge is 0.326 e. The molecule has 0 fully saturated rings. The minimum Gasteiger partial charge on any atom is -0.326 e. The van der Waals surface area contributed by atoms with Crippen LogP contribution < -0.4 is 5.32 Å². The molecule has 0 spiro atoms. The number of hydrogen-bond donors (Lipinski definition) is 1. The molecule has 8 heteroatoms. The number of alkyl halides is 2. The number of anilines is 1. The van der Waals surface area contributed by atoms with Gasteiger partial charge in [0.05, 0.1) is 11.3 Å². The van der Waals surface area contributed by atoms with Crippen molar-refractivity contribution in [3.63, 3.8) is 0 Å². The lowest BCUT2D eigenvalue weighted by Gasteiger charge is -2.07. The highest BCUT2D eigenvalue weighted by atomic mass is 35.5. The van der Waals surface area contributed by atoms with Crippen LogP contribution >= 0.6 is 11.6 Å². The van der Waals surface area contributed by atoms with Crippen LogP contribution in [0.15, 0.2) is 53.4 Å². The SMILES string of the molecule is O=C(Cc1ccc(Cl)cc1)Nc1ccc(S(=O)(=O)C(F)F)cc1. The van der Waals surface area contributed by atoms with E-state index in [1.54, 1.807) is 24.3 Å². The Morgan fingerprint density at radius 1 is 1.04 bits per heavy atom. The Morgan fingerprint density at radius 3 is 2.13 bits per heavy atom. The molecule has 4 nitrogen and oxygen atoms in total. The number of sulfone groups is 1.